The predicted octanol–water partition coefficient (Wildman–Crippen LogP) is 2.27. The fourth-order valence-electron chi connectivity index (χ4n) is 1.08. The number of nitrogens with zero attached hydrogens (tertiary/aromatic N) is 2. The molecule has 0 radical (unpaired) electrons. The van der Waals surface area contributed by atoms with Gasteiger partial charge < -0.3 is 4.57 Å². The lowest BCUT2D eigenvalue weighted by atomic mass is 10.3. The molecule has 0 aliphatic rings. The molecular weight excluding hydrogens is 312 g/mol. The number of rotatable bonds is 3. The third kappa shape index (κ3) is 2.69. The molecular formula is C9H8Br2N2O. The zero-order chi connectivity index (χ0) is 10.6. The van der Waals surface area contributed by atoms with Crippen molar-refractivity contribution < 1.29 is 0 Å². The van der Waals surface area contributed by atoms with Gasteiger partial charge in [-0.15, -0.1) is 0 Å². The van der Waals surface area contributed by atoms with Gasteiger partial charge in [-0.2, -0.15) is 5.26 Å². The van der Waals surface area contributed by atoms with Gasteiger partial charge in [0.15, 0.2) is 0 Å². The molecule has 0 aliphatic carbocycles. The summed E-state index contributed by atoms with van der Waals surface area (Å²) in [5.74, 6) is 0. The third-order valence-corrected chi connectivity index (χ3v) is 2.70. The molecule has 3 nitrogen and oxygen atoms in total. The Balaban J connectivity index is 3.11. The highest BCUT2D eigenvalue weighted by Gasteiger charge is 2.04. The van der Waals surface area contributed by atoms with Crippen molar-refractivity contribution in [1.82, 2.24) is 4.57 Å². The SMILES string of the molecule is N#Cc1cc(Br)cn(CCCBr)c1=O. The van der Waals surface area contributed by atoms with E-state index in [1.54, 1.807) is 10.8 Å². The summed E-state index contributed by atoms with van der Waals surface area (Å²) in [7, 11) is 0. The molecule has 1 aromatic heterocycles. The molecule has 0 unspecified atom stereocenters. The second-order valence-electron chi connectivity index (χ2n) is 2.72. The van der Waals surface area contributed by atoms with Crippen LogP contribution in [-0.2, 0) is 6.54 Å². The van der Waals surface area contributed by atoms with Crippen LogP contribution < -0.4 is 5.56 Å². The number of alkyl halides is 1. The molecule has 1 heterocycles. The molecule has 0 saturated heterocycles. The number of hydrogen-bond acceptors (Lipinski definition) is 2. The van der Waals surface area contributed by atoms with Crippen LogP contribution in [-0.4, -0.2) is 9.90 Å². The fourth-order valence-corrected chi connectivity index (χ4v) is 1.80. The van der Waals surface area contributed by atoms with Gasteiger partial charge >= 0.3 is 0 Å². The van der Waals surface area contributed by atoms with Gasteiger partial charge in [0.25, 0.3) is 5.56 Å². The molecule has 0 amide bonds. The Bertz CT molecular complexity index is 420. The van der Waals surface area contributed by atoms with Crippen molar-refractivity contribution in [2.45, 2.75) is 13.0 Å². The predicted molar refractivity (Wildman–Crippen MR) is 61.5 cm³/mol. The number of hydrogen-bond donors (Lipinski definition) is 0. The lowest BCUT2D eigenvalue weighted by molar-refractivity contribution is 0.657. The lowest BCUT2D eigenvalue weighted by Gasteiger charge is -2.04. The minimum absolute atomic E-state index is 0.175. The topological polar surface area (TPSA) is 45.8 Å². The summed E-state index contributed by atoms with van der Waals surface area (Å²) < 4.78 is 2.30. The highest BCUT2D eigenvalue weighted by molar-refractivity contribution is 9.10. The van der Waals surface area contributed by atoms with Crippen molar-refractivity contribution in [3.05, 3.63) is 32.7 Å². The summed E-state index contributed by atoms with van der Waals surface area (Å²) in [5.41, 5.74) is -0.0504. The smallest absolute Gasteiger partial charge is 0.268 e. The largest absolute Gasteiger partial charge is 0.313 e. The molecule has 14 heavy (non-hydrogen) atoms. The van der Waals surface area contributed by atoms with E-state index < -0.39 is 0 Å². The molecule has 0 atom stereocenters. The Labute approximate surface area is 98.6 Å². The first-order valence-corrected chi connectivity index (χ1v) is 5.96. The number of aryl methyl sites for hydroxylation is 1. The van der Waals surface area contributed by atoms with Crippen LogP contribution >= 0.6 is 31.9 Å². The third-order valence-electron chi connectivity index (χ3n) is 1.71. The number of aromatic nitrogens is 1. The molecule has 1 aromatic rings. The first-order valence-electron chi connectivity index (χ1n) is 4.05. The van der Waals surface area contributed by atoms with E-state index in [0.717, 1.165) is 16.2 Å². The van der Waals surface area contributed by atoms with Gasteiger partial charge in [-0.1, -0.05) is 15.9 Å². The molecule has 0 spiro atoms. The minimum Gasteiger partial charge on any atom is -0.313 e. The molecule has 0 aromatic carbocycles. The highest BCUT2D eigenvalue weighted by Crippen LogP contribution is 2.08. The Morgan fingerprint density at radius 1 is 1.57 bits per heavy atom. The lowest BCUT2D eigenvalue weighted by Crippen LogP contribution is -2.22. The summed E-state index contributed by atoms with van der Waals surface area (Å²) in [6.45, 7) is 0.623. The van der Waals surface area contributed by atoms with Gasteiger partial charge in [0.1, 0.15) is 11.6 Å². The van der Waals surface area contributed by atoms with E-state index in [9.17, 15) is 4.79 Å². The van der Waals surface area contributed by atoms with Gasteiger partial charge in [0.2, 0.25) is 0 Å². The number of nitriles is 1. The molecule has 0 N–H and O–H groups in total. The maximum absolute atomic E-state index is 11.6. The Morgan fingerprint density at radius 2 is 2.29 bits per heavy atom. The van der Waals surface area contributed by atoms with Crippen LogP contribution in [0.25, 0.3) is 0 Å². The zero-order valence-corrected chi connectivity index (χ0v) is 10.5. The van der Waals surface area contributed by atoms with Gasteiger partial charge in [-0.25, -0.2) is 0 Å². The van der Waals surface area contributed by atoms with Crippen LogP contribution in [0.2, 0.25) is 0 Å². The van der Waals surface area contributed by atoms with E-state index in [1.165, 1.54) is 6.07 Å². The molecule has 0 saturated carbocycles. The normalized spacial score (nSPS) is 9.79. The van der Waals surface area contributed by atoms with E-state index in [-0.39, 0.29) is 11.1 Å². The summed E-state index contributed by atoms with van der Waals surface area (Å²) >= 11 is 6.55. The zero-order valence-electron chi connectivity index (χ0n) is 7.33. The standard InChI is InChI=1S/C9H8Br2N2O/c10-2-1-3-13-6-8(11)4-7(5-12)9(13)14/h4,6H,1-3H2. The van der Waals surface area contributed by atoms with Gasteiger partial charge in [0, 0.05) is 22.5 Å². The fraction of sp³-hybridized carbons (Fsp3) is 0.333. The monoisotopic (exact) mass is 318 g/mol. The highest BCUT2D eigenvalue weighted by atomic mass is 79.9. The van der Waals surface area contributed by atoms with Crippen molar-refractivity contribution in [3.8, 4) is 6.07 Å². The average Bonchev–Trinajstić information content (AvgIpc) is 2.18. The Morgan fingerprint density at radius 3 is 2.86 bits per heavy atom. The van der Waals surface area contributed by atoms with E-state index in [0.29, 0.717) is 6.54 Å². The summed E-state index contributed by atoms with van der Waals surface area (Å²) in [5, 5.41) is 9.54. The molecule has 74 valence electrons. The van der Waals surface area contributed by atoms with Crippen molar-refractivity contribution >= 4 is 31.9 Å². The number of pyridine rings is 1. The van der Waals surface area contributed by atoms with E-state index >= 15 is 0 Å². The van der Waals surface area contributed by atoms with Gasteiger partial charge in [-0.3, -0.25) is 4.79 Å². The summed E-state index contributed by atoms with van der Waals surface area (Å²) in [4.78, 5) is 11.6. The van der Waals surface area contributed by atoms with E-state index in [2.05, 4.69) is 31.9 Å². The van der Waals surface area contributed by atoms with Crippen LogP contribution in [0.5, 0.6) is 0 Å². The first-order chi connectivity index (χ1) is 6.69. The van der Waals surface area contributed by atoms with Crippen molar-refractivity contribution in [2.75, 3.05) is 5.33 Å². The quantitative estimate of drug-likeness (QED) is 0.802. The first kappa shape index (κ1) is 11.5. The van der Waals surface area contributed by atoms with Crippen LogP contribution in [0.4, 0.5) is 0 Å². The second-order valence-corrected chi connectivity index (χ2v) is 4.43. The Hall–Kier alpha value is -0.600. The second kappa shape index (κ2) is 5.32. The van der Waals surface area contributed by atoms with Crippen LogP contribution in [0, 0.1) is 11.3 Å². The number of halogens is 2. The maximum Gasteiger partial charge on any atom is 0.268 e. The van der Waals surface area contributed by atoms with Crippen LogP contribution in [0.1, 0.15) is 12.0 Å². The van der Waals surface area contributed by atoms with Crippen LogP contribution in [0.3, 0.4) is 0 Å². The molecule has 5 heteroatoms. The minimum atomic E-state index is -0.225. The molecule has 0 aliphatic heterocycles. The van der Waals surface area contributed by atoms with Gasteiger partial charge in [-0.05, 0) is 28.4 Å². The molecule has 0 fully saturated rings. The summed E-state index contributed by atoms with van der Waals surface area (Å²) in [6.07, 6.45) is 2.56. The average molecular weight is 320 g/mol. The van der Waals surface area contributed by atoms with E-state index in [1.807, 2.05) is 6.07 Å². The molecule has 1 rings (SSSR count). The van der Waals surface area contributed by atoms with Crippen molar-refractivity contribution in [1.29, 1.82) is 5.26 Å². The van der Waals surface area contributed by atoms with Crippen molar-refractivity contribution in [3.63, 3.8) is 0 Å². The van der Waals surface area contributed by atoms with Gasteiger partial charge in [0.05, 0.1) is 0 Å². The van der Waals surface area contributed by atoms with Crippen molar-refractivity contribution in [2.24, 2.45) is 0 Å². The van der Waals surface area contributed by atoms with E-state index in [4.69, 9.17) is 5.26 Å². The van der Waals surface area contributed by atoms with Crippen LogP contribution in [0.15, 0.2) is 21.5 Å². The summed E-state index contributed by atoms with van der Waals surface area (Å²) in [6, 6.07) is 3.41. The Kier molecular flexibility index (Phi) is 4.36. The molecule has 0 bridgehead atoms. The maximum atomic E-state index is 11.6.